The zero-order valence-electron chi connectivity index (χ0n) is 20.2. The van der Waals surface area contributed by atoms with Crippen LogP contribution in [0.5, 0.6) is 0 Å². The van der Waals surface area contributed by atoms with Gasteiger partial charge in [-0.2, -0.15) is 0 Å². The van der Waals surface area contributed by atoms with Crippen LogP contribution in [0, 0.1) is 17.8 Å². The number of aliphatic carboxylic acids is 1. The fourth-order valence-electron chi connectivity index (χ4n) is 5.05. The van der Waals surface area contributed by atoms with Crippen molar-refractivity contribution < 1.29 is 29.7 Å². The molecule has 1 aromatic rings. The lowest BCUT2D eigenvalue weighted by Gasteiger charge is -2.46. The molecular formula is C23H32N4O6S2. The van der Waals surface area contributed by atoms with Crippen LogP contribution >= 0.6 is 23.1 Å². The second kappa shape index (κ2) is 10.1. The zero-order valence-corrected chi connectivity index (χ0v) is 21.8. The summed E-state index contributed by atoms with van der Waals surface area (Å²) in [5.41, 5.74) is 0.358. The van der Waals surface area contributed by atoms with Crippen LogP contribution in [0.1, 0.15) is 44.6 Å². The summed E-state index contributed by atoms with van der Waals surface area (Å²) in [6.07, 6.45) is -0.141. The molecule has 2 fully saturated rings. The molecule has 0 spiro atoms. The molecule has 5 atom stereocenters. The second-order valence-electron chi connectivity index (χ2n) is 9.91. The first-order chi connectivity index (χ1) is 16.5. The summed E-state index contributed by atoms with van der Waals surface area (Å²) in [6, 6.07) is -0.625. The third kappa shape index (κ3) is 4.81. The van der Waals surface area contributed by atoms with Crippen molar-refractivity contribution in [3.8, 4) is 0 Å². The van der Waals surface area contributed by atoms with Gasteiger partial charge in [-0.25, -0.2) is 9.78 Å². The molecule has 12 heteroatoms. The van der Waals surface area contributed by atoms with Gasteiger partial charge in [-0.15, -0.1) is 23.1 Å². The maximum Gasteiger partial charge on any atom is 0.353 e. The Kier molecular flexibility index (Phi) is 7.46. The fourth-order valence-corrected chi connectivity index (χ4v) is 7.39. The Labute approximate surface area is 212 Å². The molecule has 2 saturated heterocycles. The molecule has 0 bridgehead atoms. The number of aliphatic hydroxyl groups is 2. The third-order valence-electron chi connectivity index (χ3n) is 6.76. The van der Waals surface area contributed by atoms with E-state index >= 15 is 0 Å². The third-order valence-corrected chi connectivity index (χ3v) is 9.11. The van der Waals surface area contributed by atoms with Gasteiger partial charge in [0.05, 0.1) is 30.7 Å². The number of carbonyl (C=O) groups is 3. The van der Waals surface area contributed by atoms with Gasteiger partial charge in [0, 0.05) is 34.5 Å². The van der Waals surface area contributed by atoms with Crippen molar-refractivity contribution in [2.45, 2.75) is 57.6 Å². The number of carbonyl (C=O) groups excluding carboxylic acids is 2. The number of carboxylic acids is 1. The first kappa shape index (κ1) is 25.9. The molecule has 4 N–H and O–H groups in total. The van der Waals surface area contributed by atoms with Crippen LogP contribution < -0.4 is 10.2 Å². The predicted molar refractivity (Wildman–Crippen MR) is 133 cm³/mol. The number of amides is 2. The van der Waals surface area contributed by atoms with E-state index in [0.717, 1.165) is 5.13 Å². The molecule has 0 aromatic carbocycles. The molecule has 0 unspecified atom stereocenters. The van der Waals surface area contributed by atoms with Crippen LogP contribution in [0.3, 0.4) is 0 Å². The number of β-lactam (4-membered cyclic amide) rings is 1. The van der Waals surface area contributed by atoms with E-state index in [-0.39, 0.29) is 47.4 Å². The number of hydrogen-bond donors (Lipinski definition) is 4. The molecule has 3 aliphatic heterocycles. The minimum absolute atomic E-state index is 0.0425. The first-order valence-corrected chi connectivity index (χ1v) is 13.6. The highest BCUT2D eigenvalue weighted by Gasteiger charge is 2.60. The van der Waals surface area contributed by atoms with Gasteiger partial charge in [-0.3, -0.25) is 9.59 Å². The summed E-state index contributed by atoms with van der Waals surface area (Å²) in [5, 5.41) is 34.7. The highest BCUT2D eigenvalue weighted by atomic mass is 32.2. The van der Waals surface area contributed by atoms with Gasteiger partial charge in [-0.05, 0) is 19.3 Å². The van der Waals surface area contributed by atoms with Crippen LogP contribution in [0.15, 0.2) is 16.0 Å². The largest absolute Gasteiger partial charge is 0.477 e. The number of anilines is 1. The Morgan fingerprint density at radius 2 is 2.00 bits per heavy atom. The van der Waals surface area contributed by atoms with Crippen LogP contribution in [-0.4, -0.2) is 86.1 Å². The minimum Gasteiger partial charge on any atom is -0.477 e. The number of hydrogen-bond acceptors (Lipinski definition) is 9. The molecule has 10 nitrogen and oxygen atoms in total. The van der Waals surface area contributed by atoms with Crippen molar-refractivity contribution in [2.75, 3.05) is 24.6 Å². The Hall–Kier alpha value is -2.15. The number of nitrogens with zero attached hydrogens (tertiary/aromatic N) is 3. The van der Waals surface area contributed by atoms with Gasteiger partial charge >= 0.3 is 5.97 Å². The topological polar surface area (TPSA) is 143 Å². The number of fused-ring (bicyclic) bond motifs is 1. The lowest BCUT2D eigenvalue weighted by Crippen LogP contribution is -2.63. The second-order valence-corrected chi connectivity index (χ2v) is 12.1. The van der Waals surface area contributed by atoms with Crippen molar-refractivity contribution in [3.63, 3.8) is 0 Å². The molecule has 0 radical (unpaired) electrons. The monoisotopic (exact) mass is 524 g/mol. The van der Waals surface area contributed by atoms with E-state index in [2.05, 4.69) is 10.3 Å². The van der Waals surface area contributed by atoms with Crippen molar-refractivity contribution in [2.24, 2.45) is 17.8 Å². The predicted octanol–water partition coefficient (Wildman–Crippen LogP) is 1.36. The average Bonchev–Trinajstić information content (AvgIpc) is 3.31. The SMILES string of the molecule is CC(C)C[C@@H](CO)NC(=O)c1csc(N2CC(SC3=C(C(=O)O)N4C(=O)[C@H]([C@@H](C)O)[C@H]4[C@H]3C)C2)n1. The lowest BCUT2D eigenvalue weighted by molar-refractivity contribution is -0.163. The number of thioether (sulfide) groups is 1. The van der Waals surface area contributed by atoms with E-state index in [1.165, 1.54) is 28.0 Å². The highest BCUT2D eigenvalue weighted by molar-refractivity contribution is 8.03. The molecule has 4 heterocycles. The summed E-state index contributed by atoms with van der Waals surface area (Å²) in [7, 11) is 0. The Morgan fingerprint density at radius 1 is 1.31 bits per heavy atom. The molecule has 0 saturated carbocycles. The molecular weight excluding hydrogens is 492 g/mol. The molecule has 2 amide bonds. The average molecular weight is 525 g/mol. The van der Waals surface area contributed by atoms with Gasteiger partial charge < -0.3 is 30.4 Å². The van der Waals surface area contributed by atoms with Crippen molar-refractivity contribution in [3.05, 3.63) is 21.7 Å². The van der Waals surface area contributed by atoms with E-state index in [1.54, 1.807) is 12.3 Å². The maximum atomic E-state index is 12.5. The van der Waals surface area contributed by atoms with Crippen LogP contribution in [-0.2, 0) is 9.59 Å². The molecule has 35 heavy (non-hydrogen) atoms. The number of nitrogens with one attached hydrogen (secondary N) is 1. The Morgan fingerprint density at radius 3 is 2.57 bits per heavy atom. The molecule has 192 valence electrons. The van der Waals surface area contributed by atoms with Crippen LogP contribution in [0.4, 0.5) is 5.13 Å². The van der Waals surface area contributed by atoms with E-state index in [4.69, 9.17) is 0 Å². The quantitative estimate of drug-likeness (QED) is 0.334. The van der Waals surface area contributed by atoms with E-state index in [0.29, 0.717) is 36.0 Å². The molecule has 1 aromatic heterocycles. The van der Waals surface area contributed by atoms with Crippen LogP contribution in [0.2, 0.25) is 0 Å². The van der Waals surface area contributed by atoms with Gasteiger partial charge in [0.15, 0.2) is 5.13 Å². The zero-order chi connectivity index (χ0) is 25.6. The van der Waals surface area contributed by atoms with Gasteiger partial charge in [0.1, 0.15) is 11.4 Å². The lowest BCUT2D eigenvalue weighted by atomic mass is 9.79. The Bertz CT molecular complexity index is 1030. The fraction of sp³-hybridized carbons (Fsp3) is 0.652. The van der Waals surface area contributed by atoms with Crippen LogP contribution in [0.25, 0.3) is 0 Å². The van der Waals surface area contributed by atoms with Gasteiger partial charge in [-0.1, -0.05) is 20.8 Å². The summed E-state index contributed by atoms with van der Waals surface area (Å²) in [6.45, 7) is 8.71. The van der Waals surface area contributed by atoms with Crippen molar-refractivity contribution in [1.82, 2.24) is 15.2 Å². The normalized spacial score (nSPS) is 25.9. The number of rotatable bonds is 10. The van der Waals surface area contributed by atoms with Gasteiger partial charge in [0.2, 0.25) is 5.91 Å². The summed E-state index contributed by atoms with van der Waals surface area (Å²) in [4.78, 5) is 45.5. The first-order valence-electron chi connectivity index (χ1n) is 11.8. The summed E-state index contributed by atoms with van der Waals surface area (Å²) < 4.78 is 0. The Balaban J connectivity index is 1.36. The highest BCUT2D eigenvalue weighted by Crippen LogP contribution is 2.52. The standard InChI is InChI=1S/C23H32N4O6S2/c1-10(2)5-13(8-28)24-20(30)15-9-34-23(25-15)26-6-14(7-26)35-19-11(3)17-16(12(4)29)21(31)27(17)18(19)22(32)33/h9-14,16-17,28-29H,5-8H2,1-4H3,(H,24,30)(H,32,33)/t11-,12-,13+,16-,17-/m1/s1. The smallest absolute Gasteiger partial charge is 0.353 e. The number of carboxylic acid groups (broad SMARTS) is 1. The molecule has 0 aliphatic carbocycles. The van der Waals surface area contributed by atoms with Gasteiger partial charge in [0.25, 0.3) is 5.91 Å². The van der Waals surface area contributed by atoms with Crippen molar-refractivity contribution >= 4 is 46.0 Å². The molecule has 4 rings (SSSR count). The number of thiazole rings is 1. The maximum absolute atomic E-state index is 12.5. The van der Waals surface area contributed by atoms with Crippen molar-refractivity contribution in [1.29, 1.82) is 0 Å². The van der Waals surface area contributed by atoms with E-state index in [1.807, 2.05) is 25.7 Å². The number of aromatic nitrogens is 1. The summed E-state index contributed by atoms with van der Waals surface area (Å²) in [5.74, 6) is -2.14. The summed E-state index contributed by atoms with van der Waals surface area (Å²) >= 11 is 2.85. The minimum atomic E-state index is -1.12. The molecule has 3 aliphatic rings. The van der Waals surface area contributed by atoms with E-state index in [9.17, 15) is 29.7 Å². The number of aliphatic hydroxyl groups excluding tert-OH is 2. The van der Waals surface area contributed by atoms with E-state index < -0.39 is 18.0 Å².